The van der Waals surface area contributed by atoms with E-state index in [9.17, 15) is 0 Å². The van der Waals surface area contributed by atoms with Gasteiger partial charge in [-0.25, -0.2) is 0 Å². The third-order valence-corrected chi connectivity index (χ3v) is 4.39. The second kappa shape index (κ2) is 4.70. The van der Waals surface area contributed by atoms with Crippen molar-refractivity contribution in [3.05, 3.63) is 35.2 Å². The van der Waals surface area contributed by atoms with Crippen molar-refractivity contribution in [3.63, 3.8) is 0 Å². The summed E-state index contributed by atoms with van der Waals surface area (Å²) in [7, 11) is 1.91. The Morgan fingerprint density at radius 2 is 2.11 bits per heavy atom. The fraction of sp³-hybridized carbons (Fsp3) is 0.267. The SMILES string of the molecule is CCCc1c(-c2csc3ccccc23)nn(C)c1N. The van der Waals surface area contributed by atoms with E-state index in [0.29, 0.717) is 0 Å². The predicted molar refractivity (Wildman–Crippen MR) is 82.4 cm³/mol. The van der Waals surface area contributed by atoms with Crippen molar-refractivity contribution >= 4 is 27.2 Å². The first-order valence-corrected chi connectivity index (χ1v) is 7.38. The van der Waals surface area contributed by atoms with E-state index < -0.39 is 0 Å². The lowest BCUT2D eigenvalue weighted by Crippen LogP contribution is -1.99. The van der Waals surface area contributed by atoms with Gasteiger partial charge in [0.1, 0.15) is 5.82 Å². The Balaban J connectivity index is 2.24. The van der Waals surface area contributed by atoms with E-state index >= 15 is 0 Å². The van der Waals surface area contributed by atoms with Crippen LogP contribution in [0.3, 0.4) is 0 Å². The Kier molecular flexibility index (Phi) is 3.03. The van der Waals surface area contributed by atoms with Crippen LogP contribution in [0.15, 0.2) is 29.6 Å². The van der Waals surface area contributed by atoms with Crippen molar-refractivity contribution in [2.45, 2.75) is 19.8 Å². The maximum Gasteiger partial charge on any atom is 0.125 e. The van der Waals surface area contributed by atoms with Crippen molar-refractivity contribution in [1.29, 1.82) is 0 Å². The fourth-order valence-corrected chi connectivity index (χ4v) is 3.40. The van der Waals surface area contributed by atoms with Crippen LogP contribution in [0.25, 0.3) is 21.3 Å². The molecule has 0 atom stereocenters. The van der Waals surface area contributed by atoms with Crippen molar-refractivity contribution in [3.8, 4) is 11.3 Å². The number of anilines is 1. The van der Waals surface area contributed by atoms with Crippen LogP contribution in [0.4, 0.5) is 5.82 Å². The van der Waals surface area contributed by atoms with E-state index in [0.717, 1.165) is 24.4 Å². The average Bonchev–Trinajstić information content (AvgIpc) is 2.95. The lowest BCUT2D eigenvalue weighted by atomic mass is 10.0. The molecule has 0 fully saturated rings. The Labute approximate surface area is 116 Å². The Bertz CT molecular complexity index is 724. The molecular formula is C15H17N3S. The highest BCUT2D eigenvalue weighted by atomic mass is 32.1. The van der Waals surface area contributed by atoms with Crippen molar-refractivity contribution in [2.24, 2.45) is 7.05 Å². The normalized spacial score (nSPS) is 11.3. The lowest BCUT2D eigenvalue weighted by molar-refractivity contribution is 0.781. The minimum Gasteiger partial charge on any atom is -0.384 e. The van der Waals surface area contributed by atoms with Gasteiger partial charge in [0.15, 0.2) is 0 Å². The molecule has 0 saturated heterocycles. The summed E-state index contributed by atoms with van der Waals surface area (Å²) >= 11 is 1.76. The van der Waals surface area contributed by atoms with E-state index in [-0.39, 0.29) is 0 Å². The van der Waals surface area contributed by atoms with Crippen LogP contribution in [-0.2, 0) is 13.5 Å². The maximum atomic E-state index is 6.14. The molecule has 0 aliphatic carbocycles. The van der Waals surface area contributed by atoms with Gasteiger partial charge in [-0.2, -0.15) is 5.10 Å². The smallest absolute Gasteiger partial charge is 0.125 e. The molecule has 0 amide bonds. The van der Waals surface area contributed by atoms with Crippen LogP contribution in [0.5, 0.6) is 0 Å². The number of hydrogen-bond acceptors (Lipinski definition) is 3. The largest absolute Gasteiger partial charge is 0.384 e. The first-order chi connectivity index (χ1) is 9.22. The zero-order valence-corrected chi connectivity index (χ0v) is 12.0. The molecule has 0 radical (unpaired) electrons. The van der Waals surface area contributed by atoms with Crippen molar-refractivity contribution in [1.82, 2.24) is 9.78 Å². The summed E-state index contributed by atoms with van der Waals surface area (Å²) in [6, 6.07) is 8.45. The van der Waals surface area contributed by atoms with Gasteiger partial charge in [0.05, 0.1) is 5.69 Å². The summed E-state index contributed by atoms with van der Waals surface area (Å²) in [5.74, 6) is 0.784. The zero-order chi connectivity index (χ0) is 13.4. The van der Waals surface area contributed by atoms with Gasteiger partial charge in [-0.1, -0.05) is 31.5 Å². The molecule has 98 valence electrons. The molecule has 2 aromatic heterocycles. The molecule has 3 aromatic rings. The first kappa shape index (κ1) is 12.2. The highest BCUT2D eigenvalue weighted by Crippen LogP contribution is 2.36. The Hall–Kier alpha value is -1.81. The molecule has 0 unspecified atom stereocenters. The highest BCUT2D eigenvalue weighted by Gasteiger charge is 2.17. The molecule has 0 bridgehead atoms. The van der Waals surface area contributed by atoms with E-state index in [1.165, 1.54) is 21.2 Å². The summed E-state index contributed by atoms with van der Waals surface area (Å²) in [4.78, 5) is 0. The summed E-state index contributed by atoms with van der Waals surface area (Å²) in [6.07, 6.45) is 2.05. The van der Waals surface area contributed by atoms with Crippen LogP contribution in [0.2, 0.25) is 0 Å². The molecule has 2 heterocycles. The number of fused-ring (bicyclic) bond motifs is 1. The molecule has 19 heavy (non-hydrogen) atoms. The molecule has 3 rings (SSSR count). The van der Waals surface area contributed by atoms with Gasteiger partial charge in [-0.05, 0) is 12.5 Å². The third-order valence-electron chi connectivity index (χ3n) is 3.43. The van der Waals surface area contributed by atoms with Gasteiger partial charge in [0.25, 0.3) is 0 Å². The summed E-state index contributed by atoms with van der Waals surface area (Å²) in [5, 5.41) is 8.07. The molecular weight excluding hydrogens is 254 g/mol. The molecule has 3 nitrogen and oxygen atoms in total. The van der Waals surface area contributed by atoms with Crippen molar-refractivity contribution < 1.29 is 0 Å². The molecule has 0 spiro atoms. The first-order valence-electron chi connectivity index (χ1n) is 6.50. The number of nitrogen functional groups attached to an aromatic ring is 1. The standard InChI is InChI=1S/C15H17N3S/c1-3-6-11-14(17-18(2)15(11)16)12-9-19-13-8-5-4-7-10(12)13/h4-5,7-9H,3,6,16H2,1-2H3. The van der Waals surface area contributed by atoms with E-state index in [2.05, 4.69) is 41.7 Å². The quantitative estimate of drug-likeness (QED) is 0.786. The van der Waals surface area contributed by atoms with Crippen LogP contribution >= 0.6 is 11.3 Å². The van der Waals surface area contributed by atoms with Gasteiger partial charge in [-0.3, -0.25) is 4.68 Å². The number of aromatic nitrogens is 2. The minimum atomic E-state index is 0.784. The number of nitrogens with two attached hydrogens (primary N) is 1. The molecule has 0 saturated carbocycles. The summed E-state index contributed by atoms with van der Waals surface area (Å²) in [5.41, 5.74) is 9.56. The highest BCUT2D eigenvalue weighted by molar-refractivity contribution is 7.17. The molecule has 0 aliphatic heterocycles. The van der Waals surface area contributed by atoms with E-state index in [4.69, 9.17) is 5.73 Å². The van der Waals surface area contributed by atoms with Crippen LogP contribution in [0, 0.1) is 0 Å². The van der Waals surface area contributed by atoms with Crippen LogP contribution in [0.1, 0.15) is 18.9 Å². The molecule has 2 N–H and O–H groups in total. The molecule has 1 aromatic carbocycles. The average molecular weight is 271 g/mol. The minimum absolute atomic E-state index is 0.784. The second-order valence-electron chi connectivity index (χ2n) is 4.73. The molecule has 4 heteroatoms. The van der Waals surface area contributed by atoms with Gasteiger partial charge < -0.3 is 5.73 Å². The Morgan fingerprint density at radius 1 is 1.32 bits per heavy atom. The van der Waals surface area contributed by atoms with Gasteiger partial charge >= 0.3 is 0 Å². The zero-order valence-electron chi connectivity index (χ0n) is 11.2. The van der Waals surface area contributed by atoms with Crippen molar-refractivity contribution in [2.75, 3.05) is 5.73 Å². The third kappa shape index (κ3) is 1.92. The molecule has 0 aliphatic rings. The maximum absolute atomic E-state index is 6.14. The lowest BCUT2D eigenvalue weighted by Gasteiger charge is -2.01. The van der Waals surface area contributed by atoms with E-state index in [1.807, 2.05) is 7.05 Å². The van der Waals surface area contributed by atoms with Gasteiger partial charge in [-0.15, -0.1) is 11.3 Å². The predicted octanol–water partition coefficient (Wildman–Crippen LogP) is 3.84. The Morgan fingerprint density at radius 3 is 2.89 bits per heavy atom. The number of thiophene rings is 1. The number of rotatable bonds is 3. The van der Waals surface area contributed by atoms with Gasteiger partial charge in [0.2, 0.25) is 0 Å². The number of benzene rings is 1. The number of nitrogens with zero attached hydrogens (tertiary/aromatic N) is 2. The topological polar surface area (TPSA) is 43.8 Å². The monoisotopic (exact) mass is 271 g/mol. The fourth-order valence-electron chi connectivity index (χ4n) is 2.45. The van der Waals surface area contributed by atoms with E-state index in [1.54, 1.807) is 16.0 Å². The number of hydrogen-bond donors (Lipinski definition) is 1. The summed E-state index contributed by atoms with van der Waals surface area (Å²) < 4.78 is 3.08. The number of aryl methyl sites for hydroxylation is 1. The summed E-state index contributed by atoms with van der Waals surface area (Å²) in [6.45, 7) is 2.17. The van der Waals surface area contributed by atoms with Crippen LogP contribution < -0.4 is 5.73 Å². The second-order valence-corrected chi connectivity index (χ2v) is 5.64. The van der Waals surface area contributed by atoms with Gasteiger partial charge in [0, 0.05) is 33.6 Å². The van der Waals surface area contributed by atoms with Crippen LogP contribution in [-0.4, -0.2) is 9.78 Å².